The minimum atomic E-state index is -4.73. The Bertz CT molecular complexity index is 1260. The molecule has 11 heteroatoms. The van der Waals surface area contributed by atoms with Crippen LogP contribution in [0.25, 0.3) is 11.1 Å². The highest BCUT2D eigenvalue weighted by molar-refractivity contribution is 5.90. The predicted octanol–water partition coefficient (Wildman–Crippen LogP) is 5.97. The Balaban J connectivity index is 1.50. The zero-order valence-electron chi connectivity index (χ0n) is 24.9. The number of hydrogen-bond donors (Lipinski definition) is 1. The lowest BCUT2D eigenvalue weighted by atomic mass is 9.98. The number of hydrogen-bond acceptors (Lipinski definition) is 6. The number of nitrogens with zero attached hydrogens (tertiary/aromatic N) is 1. The van der Waals surface area contributed by atoms with Gasteiger partial charge in [0.05, 0.1) is 31.3 Å². The number of fused-ring (bicyclic) bond motifs is 3. The molecular weight excluding hydrogens is 565 g/mol. The third-order valence-electron chi connectivity index (χ3n) is 7.43. The normalized spacial score (nSPS) is 19.0. The molecule has 1 aliphatic carbocycles. The molecule has 1 heterocycles. The number of esters is 1. The van der Waals surface area contributed by atoms with Gasteiger partial charge in [-0.3, -0.25) is 9.69 Å². The fraction of sp³-hybridized carbons (Fsp3) is 0.531. The molecule has 0 radical (unpaired) electrons. The molecule has 2 amide bonds. The van der Waals surface area contributed by atoms with Gasteiger partial charge in [0.1, 0.15) is 18.7 Å². The van der Waals surface area contributed by atoms with Crippen molar-refractivity contribution < 1.29 is 41.8 Å². The Hall–Kier alpha value is -3.60. The zero-order chi connectivity index (χ0) is 31.4. The zero-order valence-corrected chi connectivity index (χ0v) is 24.9. The Kier molecular flexibility index (Phi) is 10.0. The van der Waals surface area contributed by atoms with Crippen molar-refractivity contribution in [3.8, 4) is 11.1 Å². The fourth-order valence-corrected chi connectivity index (χ4v) is 5.62. The summed E-state index contributed by atoms with van der Waals surface area (Å²) in [6, 6.07) is 12.5. The Morgan fingerprint density at radius 1 is 0.977 bits per heavy atom. The van der Waals surface area contributed by atoms with Crippen molar-refractivity contribution in [2.24, 2.45) is 0 Å². The van der Waals surface area contributed by atoms with Crippen LogP contribution in [0, 0.1) is 0 Å². The summed E-state index contributed by atoms with van der Waals surface area (Å²) in [6.07, 6.45) is -6.52. The van der Waals surface area contributed by atoms with Crippen molar-refractivity contribution >= 4 is 18.0 Å². The van der Waals surface area contributed by atoms with Gasteiger partial charge >= 0.3 is 18.2 Å². The summed E-state index contributed by atoms with van der Waals surface area (Å²) in [5, 5.41) is 2.20. The molecule has 1 saturated heterocycles. The van der Waals surface area contributed by atoms with Gasteiger partial charge in [0.25, 0.3) is 0 Å². The van der Waals surface area contributed by atoms with E-state index in [2.05, 4.69) is 5.32 Å². The first-order valence-corrected chi connectivity index (χ1v) is 14.6. The average molecular weight is 605 g/mol. The van der Waals surface area contributed by atoms with Crippen molar-refractivity contribution in [3.63, 3.8) is 0 Å². The van der Waals surface area contributed by atoms with E-state index in [4.69, 9.17) is 14.2 Å². The van der Waals surface area contributed by atoms with Crippen LogP contribution >= 0.6 is 0 Å². The van der Waals surface area contributed by atoms with Crippen LogP contribution in [-0.4, -0.2) is 72.6 Å². The van der Waals surface area contributed by atoms with Crippen LogP contribution in [-0.2, 0) is 23.8 Å². The highest BCUT2D eigenvalue weighted by Gasteiger charge is 2.45. The van der Waals surface area contributed by atoms with Crippen molar-refractivity contribution in [2.75, 3.05) is 19.8 Å². The molecule has 43 heavy (non-hydrogen) atoms. The minimum Gasteiger partial charge on any atom is -0.464 e. The molecule has 3 atom stereocenters. The van der Waals surface area contributed by atoms with Crippen LogP contribution in [0.1, 0.15) is 70.4 Å². The van der Waals surface area contributed by atoms with Crippen LogP contribution in [0.5, 0.6) is 0 Å². The molecular formula is C32H39F3N2O6. The highest BCUT2D eigenvalue weighted by Crippen LogP contribution is 2.44. The van der Waals surface area contributed by atoms with Gasteiger partial charge in [0.15, 0.2) is 0 Å². The van der Waals surface area contributed by atoms with Crippen LogP contribution < -0.4 is 5.32 Å². The first-order chi connectivity index (χ1) is 20.3. The van der Waals surface area contributed by atoms with E-state index < -0.39 is 54.4 Å². The van der Waals surface area contributed by atoms with Crippen molar-refractivity contribution in [2.45, 2.75) is 89.3 Å². The maximum Gasteiger partial charge on any atom is 0.410 e. The van der Waals surface area contributed by atoms with Gasteiger partial charge < -0.3 is 19.5 Å². The molecule has 2 unspecified atom stereocenters. The van der Waals surface area contributed by atoms with Gasteiger partial charge in [-0.2, -0.15) is 13.2 Å². The fourth-order valence-electron chi connectivity index (χ4n) is 5.62. The Labute approximate surface area is 249 Å². The third kappa shape index (κ3) is 8.28. The van der Waals surface area contributed by atoms with Gasteiger partial charge in [-0.15, -0.1) is 0 Å². The smallest absolute Gasteiger partial charge is 0.410 e. The summed E-state index contributed by atoms with van der Waals surface area (Å²) in [6.45, 7) is 7.25. The quantitative estimate of drug-likeness (QED) is 0.265. The second-order valence-electron chi connectivity index (χ2n) is 12.0. The largest absolute Gasteiger partial charge is 0.464 e. The SMILES string of the molecule is CCCCOC(=O)C(CC(F)(F)F)NC(=O)C1C[C@@H](OC(C)(C)C)CN1C(=O)OCC1c2ccccc2-c2ccccc21. The van der Waals surface area contributed by atoms with Crippen molar-refractivity contribution in [1.29, 1.82) is 0 Å². The molecule has 0 aromatic heterocycles. The number of rotatable bonds is 10. The van der Waals surface area contributed by atoms with E-state index in [0.717, 1.165) is 22.3 Å². The maximum absolute atomic E-state index is 13.5. The second kappa shape index (κ2) is 13.4. The summed E-state index contributed by atoms with van der Waals surface area (Å²) in [4.78, 5) is 40.5. The molecule has 8 nitrogen and oxygen atoms in total. The lowest BCUT2D eigenvalue weighted by Gasteiger charge is -2.26. The number of amides is 2. The topological polar surface area (TPSA) is 94.2 Å². The van der Waals surface area contributed by atoms with E-state index in [1.54, 1.807) is 0 Å². The molecule has 0 bridgehead atoms. The molecule has 0 spiro atoms. The number of ether oxygens (including phenoxy) is 3. The maximum atomic E-state index is 13.5. The molecule has 2 aliphatic rings. The lowest BCUT2D eigenvalue weighted by molar-refractivity contribution is -0.164. The Morgan fingerprint density at radius 3 is 2.14 bits per heavy atom. The minimum absolute atomic E-state index is 0.00292. The van der Waals surface area contributed by atoms with E-state index in [-0.39, 0.29) is 32.1 Å². The number of alkyl halides is 3. The number of nitrogens with one attached hydrogen (secondary N) is 1. The highest BCUT2D eigenvalue weighted by atomic mass is 19.4. The summed E-state index contributed by atoms with van der Waals surface area (Å²) >= 11 is 0. The van der Waals surface area contributed by atoms with E-state index in [1.165, 1.54) is 4.90 Å². The summed E-state index contributed by atoms with van der Waals surface area (Å²) in [5.74, 6) is -2.30. The van der Waals surface area contributed by atoms with Crippen LogP contribution in [0.3, 0.4) is 0 Å². The standard InChI is InChI=1S/C32H39F3N2O6/c1-5-6-15-41-29(39)26(17-32(33,34)35)36-28(38)27-16-20(43-31(2,3)4)18-37(27)30(40)42-19-25-23-13-9-7-11-21(23)22-12-8-10-14-24(22)25/h7-14,20,25-27H,5-6,15-19H2,1-4H3,(H,36,38)/t20-,26?,27?/m1/s1. The molecule has 0 saturated carbocycles. The summed E-state index contributed by atoms with van der Waals surface area (Å²) in [5.41, 5.74) is 3.52. The number of benzene rings is 2. The van der Waals surface area contributed by atoms with Crippen molar-refractivity contribution in [1.82, 2.24) is 10.2 Å². The van der Waals surface area contributed by atoms with Gasteiger partial charge in [-0.25, -0.2) is 9.59 Å². The molecule has 2 aromatic carbocycles. The number of unbranched alkanes of at least 4 members (excludes halogenated alkanes) is 1. The van der Waals surface area contributed by atoms with Gasteiger partial charge in [0, 0.05) is 12.3 Å². The molecule has 1 aliphatic heterocycles. The predicted molar refractivity (Wildman–Crippen MR) is 153 cm³/mol. The first kappa shape index (κ1) is 32.3. The third-order valence-corrected chi connectivity index (χ3v) is 7.43. The van der Waals surface area contributed by atoms with E-state index in [0.29, 0.717) is 12.8 Å². The number of carbonyl (C=O) groups is 3. The van der Waals surface area contributed by atoms with Gasteiger partial charge in [-0.1, -0.05) is 61.9 Å². The number of carbonyl (C=O) groups excluding carboxylic acids is 3. The van der Waals surface area contributed by atoms with Gasteiger partial charge in [0.2, 0.25) is 5.91 Å². The number of halogens is 3. The first-order valence-electron chi connectivity index (χ1n) is 14.6. The van der Waals surface area contributed by atoms with Crippen LogP contribution in [0.2, 0.25) is 0 Å². The Morgan fingerprint density at radius 2 is 1.58 bits per heavy atom. The van der Waals surface area contributed by atoms with E-state index in [1.807, 2.05) is 76.2 Å². The van der Waals surface area contributed by atoms with E-state index in [9.17, 15) is 27.6 Å². The molecule has 1 fully saturated rings. The lowest BCUT2D eigenvalue weighted by Crippen LogP contribution is -2.52. The molecule has 4 rings (SSSR count). The molecule has 1 N–H and O–H groups in total. The summed E-state index contributed by atoms with van der Waals surface area (Å²) < 4.78 is 56.8. The number of likely N-dealkylation sites (tertiary alicyclic amines) is 1. The molecule has 234 valence electrons. The van der Waals surface area contributed by atoms with Crippen LogP contribution in [0.4, 0.5) is 18.0 Å². The van der Waals surface area contributed by atoms with Gasteiger partial charge in [-0.05, 0) is 49.4 Å². The summed E-state index contributed by atoms with van der Waals surface area (Å²) in [7, 11) is 0. The van der Waals surface area contributed by atoms with Crippen molar-refractivity contribution in [3.05, 3.63) is 59.7 Å². The van der Waals surface area contributed by atoms with Crippen LogP contribution in [0.15, 0.2) is 48.5 Å². The second-order valence-corrected chi connectivity index (χ2v) is 12.0. The average Bonchev–Trinajstić information content (AvgIpc) is 3.49. The van der Waals surface area contributed by atoms with E-state index >= 15 is 0 Å². The molecule has 2 aromatic rings. The monoisotopic (exact) mass is 604 g/mol.